The number of aliphatic hydroxyl groups excluding tert-OH is 1. The number of nitroso groups, excluding NO2 is 1. The molecule has 0 spiro atoms. The van der Waals surface area contributed by atoms with Gasteiger partial charge in [0.05, 0.1) is 0 Å². The molecule has 0 aliphatic carbocycles. The standard InChI is InChI=1S/C9H10FNO3/c10-8-3-1-2-4-9(8)14-6-7(12)5-11-13/h1-4,7,12H,5-6H2. The van der Waals surface area contributed by atoms with E-state index in [1.54, 1.807) is 6.07 Å². The van der Waals surface area contributed by atoms with Gasteiger partial charge < -0.3 is 9.84 Å². The van der Waals surface area contributed by atoms with Gasteiger partial charge in [-0.1, -0.05) is 17.3 Å². The maximum absolute atomic E-state index is 12.9. The fraction of sp³-hybridized carbons (Fsp3) is 0.333. The van der Waals surface area contributed by atoms with Crippen LogP contribution in [0.15, 0.2) is 29.4 Å². The van der Waals surface area contributed by atoms with Crippen LogP contribution < -0.4 is 4.74 Å². The second kappa shape index (κ2) is 5.29. The first kappa shape index (κ1) is 10.6. The minimum absolute atomic E-state index is 0.0532. The third kappa shape index (κ3) is 3.10. The Bertz CT molecular complexity index is 306. The zero-order chi connectivity index (χ0) is 10.4. The highest BCUT2D eigenvalue weighted by atomic mass is 19.1. The molecule has 5 heteroatoms. The van der Waals surface area contributed by atoms with Crippen LogP contribution in [0.1, 0.15) is 0 Å². The third-order valence-corrected chi connectivity index (χ3v) is 1.55. The average Bonchev–Trinajstić information content (AvgIpc) is 2.17. The average molecular weight is 199 g/mol. The van der Waals surface area contributed by atoms with Crippen molar-refractivity contribution in [3.8, 4) is 5.75 Å². The molecule has 1 unspecified atom stereocenters. The minimum Gasteiger partial charge on any atom is -0.488 e. The lowest BCUT2D eigenvalue weighted by Crippen LogP contribution is -2.20. The Balaban J connectivity index is 2.45. The summed E-state index contributed by atoms with van der Waals surface area (Å²) in [7, 11) is 0. The van der Waals surface area contributed by atoms with Gasteiger partial charge in [0.1, 0.15) is 19.3 Å². The monoisotopic (exact) mass is 199 g/mol. The second-order valence-corrected chi connectivity index (χ2v) is 2.71. The van der Waals surface area contributed by atoms with Crippen LogP contribution in [0.5, 0.6) is 5.75 Å². The summed E-state index contributed by atoms with van der Waals surface area (Å²) >= 11 is 0. The molecular weight excluding hydrogens is 189 g/mol. The predicted octanol–water partition coefficient (Wildman–Crippen LogP) is 1.33. The highest BCUT2D eigenvalue weighted by Crippen LogP contribution is 2.15. The van der Waals surface area contributed by atoms with Crippen LogP contribution in [0, 0.1) is 10.7 Å². The number of benzene rings is 1. The summed E-state index contributed by atoms with van der Waals surface area (Å²) in [6.07, 6.45) is -0.993. The number of hydrogen-bond donors (Lipinski definition) is 1. The van der Waals surface area contributed by atoms with Crippen molar-refractivity contribution in [1.82, 2.24) is 0 Å². The fourth-order valence-corrected chi connectivity index (χ4v) is 0.887. The van der Waals surface area contributed by atoms with E-state index in [9.17, 15) is 9.30 Å². The molecular formula is C9H10FNO3. The van der Waals surface area contributed by atoms with Crippen LogP contribution in [-0.4, -0.2) is 24.4 Å². The number of hydrogen-bond acceptors (Lipinski definition) is 4. The highest BCUT2D eigenvalue weighted by Gasteiger charge is 2.07. The Hall–Kier alpha value is -1.49. The van der Waals surface area contributed by atoms with E-state index in [2.05, 4.69) is 5.18 Å². The van der Waals surface area contributed by atoms with E-state index in [0.717, 1.165) is 0 Å². The van der Waals surface area contributed by atoms with Crippen molar-refractivity contribution < 1.29 is 14.2 Å². The number of nitrogens with zero attached hydrogens (tertiary/aromatic N) is 1. The van der Waals surface area contributed by atoms with Crippen molar-refractivity contribution in [2.24, 2.45) is 5.18 Å². The zero-order valence-electron chi connectivity index (χ0n) is 7.39. The quantitative estimate of drug-likeness (QED) is 0.728. The summed E-state index contributed by atoms with van der Waals surface area (Å²) in [6, 6.07) is 5.84. The maximum Gasteiger partial charge on any atom is 0.165 e. The van der Waals surface area contributed by atoms with Gasteiger partial charge >= 0.3 is 0 Å². The highest BCUT2D eigenvalue weighted by molar-refractivity contribution is 5.23. The van der Waals surface area contributed by atoms with Crippen LogP contribution in [-0.2, 0) is 0 Å². The summed E-state index contributed by atoms with van der Waals surface area (Å²) in [4.78, 5) is 9.75. The van der Waals surface area contributed by atoms with E-state index in [0.29, 0.717) is 0 Å². The van der Waals surface area contributed by atoms with Gasteiger partial charge in [0.25, 0.3) is 0 Å². The van der Waals surface area contributed by atoms with Gasteiger partial charge in [0.2, 0.25) is 0 Å². The van der Waals surface area contributed by atoms with Crippen molar-refractivity contribution in [2.45, 2.75) is 6.10 Å². The molecule has 0 saturated heterocycles. The lowest BCUT2D eigenvalue weighted by Gasteiger charge is -2.09. The van der Waals surface area contributed by atoms with Crippen LogP contribution in [0.4, 0.5) is 4.39 Å². The van der Waals surface area contributed by atoms with Crippen LogP contribution >= 0.6 is 0 Å². The Morgan fingerprint density at radius 2 is 2.21 bits per heavy atom. The first-order valence-electron chi connectivity index (χ1n) is 4.08. The lowest BCUT2D eigenvalue weighted by atomic mass is 10.3. The topological polar surface area (TPSA) is 58.9 Å². The molecule has 4 nitrogen and oxygen atoms in total. The molecule has 0 amide bonds. The Morgan fingerprint density at radius 3 is 2.86 bits per heavy atom. The van der Waals surface area contributed by atoms with Gasteiger partial charge in [0.15, 0.2) is 11.6 Å². The maximum atomic E-state index is 12.9. The number of aliphatic hydroxyl groups is 1. The van der Waals surface area contributed by atoms with Gasteiger partial charge in [-0.25, -0.2) is 4.39 Å². The molecule has 1 rings (SSSR count). The number of rotatable bonds is 5. The van der Waals surface area contributed by atoms with E-state index in [4.69, 9.17) is 9.84 Å². The SMILES string of the molecule is O=NCC(O)COc1ccccc1F. The van der Waals surface area contributed by atoms with Gasteiger partial charge in [0, 0.05) is 0 Å². The molecule has 0 aliphatic rings. The zero-order valence-corrected chi connectivity index (χ0v) is 7.39. The predicted molar refractivity (Wildman–Crippen MR) is 48.6 cm³/mol. The Kier molecular flexibility index (Phi) is 4.00. The number of halogens is 1. The molecule has 14 heavy (non-hydrogen) atoms. The molecule has 0 saturated carbocycles. The van der Waals surface area contributed by atoms with Crippen LogP contribution in [0.25, 0.3) is 0 Å². The number of para-hydroxylation sites is 1. The Morgan fingerprint density at radius 1 is 1.50 bits per heavy atom. The van der Waals surface area contributed by atoms with Gasteiger partial charge in [-0.2, -0.15) is 4.91 Å². The van der Waals surface area contributed by atoms with E-state index in [1.807, 2.05) is 0 Å². The molecule has 76 valence electrons. The molecule has 1 aromatic rings. The van der Waals surface area contributed by atoms with E-state index in [1.165, 1.54) is 18.2 Å². The van der Waals surface area contributed by atoms with Crippen molar-refractivity contribution in [3.63, 3.8) is 0 Å². The molecule has 0 aromatic heterocycles. The van der Waals surface area contributed by atoms with Gasteiger partial charge in [-0.05, 0) is 12.1 Å². The molecule has 0 fully saturated rings. The summed E-state index contributed by atoms with van der Waals surface area (Å²) in [5.41, 5.74) is 0. The normalized spacial score (nSPS) is 12.1. The molecule has 0 bridgehead atoms. The van der Waals surface area contributed by atoms with E-state index in [-0.39, 0.29) is 18.9 Å². The fourth-order valence-electron chi connectivity index (χ4n) is 0.887. The van der Waals surface area contributed by atoms with Gasteiger partial charge in [-0.15, -0.1) is 0 Å². The number of ether oxygens (including phenoxy) is 1. The summed E-state index contributed by atoms with van der Waals surface area (Å²) in [5.74, 6) is -0.448. The molecule has 1 atom stereocenters. The first-order valence-corrected chi connectivity index (χ1v) is 4.08. The third-order valence-electron chi connectivity index (χ3n) is 1.55. The van der Waals surface area contributed by atoms with Crippen LogP contribution in [0.2, 0.25) is 0 Å². The smallest absolute Gasteiger partial charge is 0.165 e. The van der Waals surface area contributed by atoms with Crippen LogP contribution in [0.3, 0.4) is 0 Å². The van der Waals surface area contributed by atoms with Crippen molar-refractivity contribution in [3.05, 3.63) is 35.0 Å². The summed E-state index contributed by atoms with van der Waals surface area (Å²) in [5, 5.41) is 11.6. The largest absolute Gasteiger partial charge is 0.488 e. The minimum atomic E-state index is -0.993. The summed E-state index contributed by atoms with van der Waals surface area (Å²) in [6.45, 7) is -0.402. The van der Waals surface area contributed by atoms with E-state index >= 15 is 0 Å². The van der Waals surface area contributed by atoms with Crippen molar-refractivity contribution in [2.75, 3.05) is 13.2 Å². The molecule has 0 heterocycles. The summed E-state index contributed by atoms with van der Waals surface area (Å²) < 4.78 is 17.9. The Labute approximate surface area is 80.3 Å². The lowest BCUT2D eigenvalue weighted by molar-refractivity contribution is 0.112. The molecule has 0 aliphatic heterocycles. The van der Waals surface area contributed by atoms with Crippen molar-refractivity contribution >= 4 is 0 Å². The molecule has 1 N–H and O–H groups in total. The van der Waals surface area contributed by atoms with E-state index < -0.39 is 11.9 Å². The molecule has 1 aromatic carbocycles. The van der Waals surface area contributed by atoms with Crippen molar-refractivity contribution in [1.29, 1.82) is 0 Å². The second-order valence-electron chi connectivity index (χ2n) is 2.71. The molecule has 0 radical (unpaired) electrons. The van der Waals surface area contributed by atoms with Gasteiger partial charge in [-0.3, -0.25) is 0 Å². The first-order chi connectivity index (χ1) is 6.74.